The van der Waals surface area contributed by atoms with Crippen LogP contribution in [0.4, 0.5) is 0 Å². The molecule has 1 unspecified atom stereocenters. The molecule has 5 heterocycles. The number of fused-ring (bicyclic) bond motifs is 3. The summed E-state index contributed by atoms with van der Waals surface area (Å²) in [6, 6.07) is 18.6. The van der Waals surface area contributed by atoms with Crippen LogP contribution in [0.25, 0.3) is 64.6 Å². The highest BCUT2D eigenvalue weighted by Gasteiger charge is 2.31. The van der Waals surface area contributed by atoms with E-state index >= 15 is 0 Å². The molecule has 7 nitrogen and oxygen atoms in total. The summed E-state index contributed by atoms with van der Waals surface area (Å²) < 4.78 is 17.3. The van der Waals surface area contributed by atoms with E-state index in [4.69, 9.17) is 9.40 Å². The topological polar surface area (TPSA) is 89.6 Å². The maximum absolute atomic E-state index is 6.72. The van der Waals surface area contributed by atoms with Crippen LogP contribution in [0, 0.1) is 0 Å². The molecular formula is C26H16N6OS4. The summed E-state index contributed by atoms with van der Waals surface area (Å²) in [4.78, 5) is 5.09. The molecule has 0 amide bonds. The van der Waals surface area contributed by atoms with Crippen molar-refractivity contribution < 1.29 is 4.42 Å². The third-order valence-electron chi connectivity index (χ3n) is 6.54. The molecule has 0 bridgehead atoms. The molecule has 0 spiro atoms. The lowest BCUT2D eigenvalue weighted by atomic mass is 9.96. The molecule has 1 aliphatic heterocycles. The quantitative estimate of drug-likeness (QED) is 0.243. The molecule has 4 aromatic heterocycles. The van der Waals surface area contributed by atoms with Crippen molar-refractivity contribution in [3.8, 4) is 33.2 Å². The first-order valence-corrected chi connectivity index (χ1v) is 15.1. The Hall–Kier alpha value is -3.22. The van der Waals surface area contributed by atoms with E-state index < -0.39 is 0 Å². The summed E-state index contributed by atoms with van der Waals surface area (Å²) in [6.45, 7) is 0.950. The summed E-state index contributed by atoms with van der Waals surface area (Å²) in [5.74, 6) is 1.81. The van der Waals surface area contributed by atoms with Gasteiger partial charge in [0.2, 0.25) is 0 Å². The number of nitrogens with one attached hydrogen (secondary N) is 1. The van der Waals surface area contributed by atoms with Gasteiger partial charge in [0.05, 0.1) is 25.9 Å². The van der Waals surface area contributed by atoms with Gasteiger partial charge >= 0.3 is 0 Å². The highest BCUT2D eigenvalue weighted by Crippen LogP contribution is 2.50. The fourth-order valence-corrected chi connectivity index (χ4v) is 8.14. The van der Waals surface area contributed by atoms with E-state index in [-0.39, 0.29) is 5.37 Å². The number of benzene rings is 3. The lowest BCUT2D eigenvalue weighted by molar-refractivity contribution is 0.632. The van der Waals surface area contributed by atoms with Gasteiger partial charge < -0.3 is 9.73 Å². The second-order valence-electron chi connectivity index (χ2n) is 8.61. The highest BCUT2D eigenvalue weighted by atomic mass is 32.2. The number of hydrogen-bond acceptors (Lipinski definition) is 11. The lowest BCUT2D eigenvalue weighted by Gasteiger charge is -2.16. The first-order chi connectivity index (χ1) is 18.3. The van der Waals surface area contributed by atoms with Crippen molar-refractivity contribution in [3.05, 3.63) is 65.5 Å². The van der Waals surface area contributed by atoms with Crippen LogP contribution in [0.3, 0.4) is 0 Å². The molecular weight excluding hydrogens is 541 g/mol. The van der Waals surface area contributed by atoms with Gasteiger partial charge in [-0.1, -0.05) is 27.2 Å². The second kappa shape index (κ2) is 8.67. The third-order valence-corrected chi connectivity index (χ3v) is 9.97. The van der Waals surface area contributed by atoms with Gasteiger partial charge in [0.25, 0.3) is 0 Å². The minimum absolute atomic E-state index is 0.107. The summed E-state index contributed by atoms with van der Waals surface area (Å²) in [6.07, 6.45) is 0. The van der Waals surface area contributed by atoms with Gasteiger partial charge in [-0.2, -0.15) is 0 Å². The van der Waals surface area contributed by atoms with Gasteiger partial charge in [-0.05, 0) is 59.5 Å². The zero-order chi connectivity index (χ0) is 24.3. The van der Waals surface area contributed by atoms with Gasteiger partial charge in [-0.3, -0.25) is 0 Å². The van der Waals surface area contributed by atoms with E-state index in [1.807, 2.05) is 41.4 Å². The van der Waals surface area contributed by atoms with Crippen LogP contribution in [0.2, 0.25) is 0 Å². The van der Waals surface area contributed by atoms with Crippen LogP contribution in [0.15, 0.2) is 64.4 Å². The number of thiazole rings is 1. The van der Waals surface area contributed by atoms with E-state index in [2.05, 4.69) is 54.8 Å². The van der Waals surface area contributed by atoms with Crippen LogP contribution in [-0.4, -0.2) is 36.5 Å². The van der Waals surface area contributed by atoms with E-state index in [0.717, 1.165) is 76.9 Å². The molecule has 0 aliphatic carbocycles. The fraction of sp³-hybridized carbons (Fsp3) is 0.115. The van der Waals surface area contributed by atoms with E-state index in [0.29, 0.717) is 0 Å². The molecule has 1 atom stereocenters. The van der Waals surface area contributed by atoms with Gasteiger partial charge in [0.1, 0.15) is 27.6 Å². The van der Waals surface area contributed by atoms with Crippen molar-refractivity contribution in [3.63, 3.8) is 0 Å². The van der Waals surface area contributed by atoms with Crippen molar-refractivity contribution >= 4 is 77.6 Å². The number of rotatable bonds is 4. The van der Waals surface area contributed by atoms with Crippen molar-refractivity contribution in [1.82, 2.24) is 29.5 Å². The van der Waals surface area contributed by atoms with Crippen molar-refractivity contribution in [1.29, 1.82) is 0 Å². The predicted molar refractivity (Wildman–Crippen MR) is 153 cm³/mol. The molecule has 11 heteroatoms. The number of hydrogen-bond donors (Lipinski definition) is 1. The van der Waals surface area contributed by atoms with Crippen LogP contribution in [0.1, 0.15) is 10.9 Å². The van der Waals surface area contributed by atoms with Crippen LogP contribution in [-0.2, 0) is 0 Å². The third kappa shape index (κ3) is 3.46. The number of para-hydroxylation sites is 1. The Labute approximate surface area is 226 Å². The number of aromatic nitrogens is 5. The summed E-state index contributed by atoms with van der Waals surface area (Å²) in [7, 11) is 0. The standard InChI is InChI=1S/C26H16N6OS4/c1-2-6-18-15(5-1)28-26(36-18)22-21-17(33-24(22)14-4-3-7-19-23(14)30-32-37-19)9-8-13(16-12-35-31-29-16)20(21)25-27-10-11-34-25/h1-9,12,25,27H,10-11H2. The zero-order valence-electron chi connectivity index (χ0n) is 19.0. The molecule has 180 valence electrons. The van der Waals surface area contributed by atoms with Gasteiger partial charge in [-0.25, -0.2) is 4.98 Å². The molecule has 0 saturated carbocycles. The first kappa shape index (κ1) is 21.8. The summed E-state index contributed by atoms with van der Waals surface area (Å²) >= 11 is 6.34. The average Bonchev–Trinajstić information content (AvgIpc) is 3.76. The summed E-state index contributed by atoms with van der Waals surface area (Å²) in [5.41, 5.74) is 7.66. The van der Waals surface area contributed by atoms with E-state index in [1.165, 1.54) is 28.6 Å². The Kier molecular flexibility index (Phi) is 5.12. The molecule has 0 radical (unpaired) electrons. The molecule has 8 rings (SSSR count). The largest absolute Gasteiger partial charge is 0.455 e. The molecule has 1 aliphatic rings. The Balaban J connectivity index is 1.52. The van der Waals surface area contributed by atoms with Crippen LogP contribution in [0.5, 0.6) is 0 Å². The predicted octanol–water partition coefficient (Wildman–Crippen LogP) is 7.23. The smallest absolute Gasteiger partial charge is 0.147 e. The molecule has 3 aromatic carbocycles. The van der Waals surface area contributed by atoms with Crippen molar-refractivity contribution in [2.24, 2.45) is 0 Å². The van der Waals surface area contributed by atoms with Gasteiger partial charge in [-0.15, -0.1) is 33.3 Å². The number of furan rings is 1. The Morgan fingerprint density at radius 2 is 1.86 bits per heavy atom. The van der Waals surface area contributed by atoms with Crippen molar-refractivity contribution in [2.75, 3.05) is 12.3 Å². The van der Waals surface area contributed by atoms with Crippen LogP contribution >= 0.6 is 46.2 Å². The Morgan fingerprint density at radius 1 is 0.919 bits per heavy atom. The highest BCUT2D eigenvalue weighted by molar-refractivity contribution is 7.99. The zero-order valence-corrected chi connectivity index (χ0v) is 22.3. The summed E-state index contributed by atoms with van der Waals surface area (Å²) in [5, 5.41) is 16.7. The minimum Gasteiger partial charge on any atom is -0.455 e. The normalized spacial score (nSPS) is 15.9. The SMILES string of the molecule is c1ccc2sc(-c3c(-c4cccc5snnc45)oc4ccc(-c5csnn5)c(C5NCCS5)c34)nc2c1. The van der Waals surface area contributed by atoms with E-state index in [9.17, 15) is 0 Å². The Morgan fingerprint density at radius 3 is 2.73 bits per heavy atom. The maximum atomic E-state index is 6.72. The maximum Gasteiger partial charge on any atom is 0.147 e. The first-order valence-electron chi connectivity index (χ1n) is 11.6. The molecule has 1 N–H and O–H groups in total. The minimum atomic E-state index is 0.107. The second-order valence-corrected chi connectivity index (χ2v) is 12.3. The Bertz CT molecular complexity index is 1880. The lowest BCUT2D eigenvalue weighted by Crippen LogP contribution is -2.13. The fourth-order valence-electron chi connectivity index (χ4n) is 4.97. The number of nitrogens with zero attached hydrogens (tertiary/aromatic N) is 5. The van der Waals surface area contributed by atoms with Crippen LogP contribution < -0.4 is 5.32 Å². The molecule has 1 saturated heterocycles. The average molecular weight is 557 g/mol. The number of thioether (sulfide) groups is 1. The van der Waals surface area contributed by atoms with E-state index in [1.54, 1.807) is 11.3 Å². The monoisotopic (exact) mass is 556 g/mol. The molecule has 37 heavy (non-hydrogen) atoms. The van der Waals surface area contributed by atoms with Gasteiger partial charge in [0, 0.05) is 39.8 Å². The van der Waals surface area contributed by atoms with Gasteiger partial charge in [0.15, 0.2) is 0 Å². The molecule has 7 aromatic rings. The van der Waals surface area contributed by atoms with Crippen molar-refractivity contribution in [2.45, 2.75) is 5.37 Å². The molecule has 1 fully saturated rings.